The molecule has 112 valence electrons. The Labute approximate surface area is 136 Å². The van der Waals surface area contributed by atoms with Crippen LogP contribution in [0.2, 0.25) is 10.0 Å². The van der Waals surface area contributed by atoms with Crippen LogP contribution >= 0.6 is 23.2 Å². The smallest absolute Gasteiger partial charge is 0.378 e. The zero-order valence-electron chi connectivity index (χ0n) is 11.1. The summed E-state index contributed by atoms with van der Waals surface area (Å²) in [5, 5.41) is 19.9. The largest absolute Gasteiger partial charge is 0.505 e. The molecule has 3 rings (SSSR count). The second-order valence-electron chi connectivity index (χ2n) is 4.77. The van der Waals surface area contributed by atoms with E-state index in [0.29, 0.717) is 15.6 Å². The predicted molar refractivity (Wildman–Crippen MR) is 83.0 cm³/mol. The Morgan fingerprint density at radius 1 is 0.909 bits per heavy atom. The minimum atomic E-state index is -0.977. The van der Waals surface area contributed by atoms with Crippen LogP contribution in [0.25, 0.3) is 11.1 Å². The van der Waals surface area contributed by atoms with Gasteiger partial charge in [-0.3, -0.25) is 0 Å². The molecule has 1 heterocycles. The molecule has 0 saturated heterocycles. The minimum Gasteiger partial charge on any atom is -0.505 e. The zero-order chi connectivity index (χ0) is 15.9. The van der Waals surface area contributed by atoms with E-state index in [-0.39, 0.29) is 0 Å². The van der Waals surface area contributed by atoms with Gasteiger partial charge in [-0.15, -0.1) is 0 Å². The van der Waals surface area contributed by atoms with Crippen LogP contribution in [-0.2, 0) is 9.53 Å². The van der Waals surface area contributed by atoms with Crippen molar-refractivity contribution in [3.05, 3.63) is 69.6 Å². The first-order valence-electron chi connectivity index (χ1n) is 6.36. The maximum Gasteiger partial charge on any atom is 0.378 e. The Balaban J connectivity index is 1.90. The van der Waals surface area contributed by atoms with E-state index in [4.69, 9.17) is 27.9 Å². The fraction of sp³-hybridized carbons (Fsp3) is 0.0625. The van der Waals surface area contributed by atoms with Gasteiger partial charge in [0, 0.05) is 5.56 Å². The summed E-state index contributed by atoms with van der Waals surface area (Å²) in [6, 6.07) is 12.3. The van der Waals surface area contributed by atoms with Gasteiger partial charge in [0.15, 0.2) is 11.9 Å². The van der Waals surface area contributed by atoms with Gasteiger partial charge in [0.05, 0.1) is 10.0 Å². The number of halogens is 2. The van der Waals surface area contributed by atoms with E-state index in [1.165, 1.54) is 0 Å². The van der Waals surface area contributed by atoms with Crippen LogP contribution in [0.1, 0.15) is 11.7 Å². The topological polar surface area (TPSA) is 66.8 Å². The maximum absolute atomic E-state index is 11.2. The van der Waals surface area contributed by atoms with Crippen molar-refractivity contribution in [3.63, 3.8) is 0 Å². The van der Waals surface area contributed by atoms with Gasteiger partial charge in [0.1, 0.15) is 0 Å². The maximum atomic E-state index is 11.2. The van der Waals surface area contributed by atoms with E-state index in [9.17, 15) is 15.0 Å². The number of benzene rings is 2. The van der Waals surface area contributed by atoms with E-state index in [2.05, 4.69) is 0 Å². The SMILES string of the molecule is O=C1OC(c2ccc(-c3ccc(Cl)c(Cl)c3)cc2)C(O)=C1O. The third-order valence-corrected chi connectivity index (χ3v) is 4.11. The second-order valence-corrected chi connectivity index (χ2v) is 5.58. The third kappa shape index (κ3) is 2.51. The van der Waals surface area contributed by atoms with Crippen molar-refractivity contribution in [3.8, 4) is 11.1 Å². The molecule has 1 atom stereocenters. The van der Waals surface area contributed by atoms with Gasteiger partial charge in [0.2, 0.25) is 5.76 Å². The first-order valence-corrected chi connectivity index (χ1v) is 7.11. The van der Waals surface area contributed by atoms with Crippen molar-refractivity contribution in [2.75, 3.05) is 0 Å². The lowest BCUT2D eigenvalue weighted by Crippen LogP contribution is -2.03. The molecule has 22 heavy (non-hydrogen) atoms. The Hall–Kier alpha value is -2.17. The molecule has 1 unspecified atom stereocenters. The number of ether oxygens (including phenoxy) is 1. The Morgan fingerprint density at radius 3 is 2.09 bits per heavy atom. The fourth-order valence-electron chi connectivity index (χ4n) is 2.20. The third-order valence-electron chi connectivity index (χ3n) is 3.38. The summed E-state index contributed by atoms with van der Waals surface area (Å²) >= 11 is 11.9. The quantitative estimate of drug-likeness (QED) is 0.787. The van der Waals surface area contributed by atoms with E-state index in [1.54, 1.807) is 36.4 Å². The van der Waals surface area contributed by atoms with Gasteiger partial charge in [-0.05, 0) is 23.3 Å². The van der Waals surface area contributed by atoms with Crippen molar-refractivity contribution in [2.45, 2.75) is 6.10 Å². The summed E-state index contributed by atoms with van der Waals surface area (Å²) in [7, 11) is 0. The minimum absolute atomic E-state index is 0.457. The molecule has 0 aliphatic carbocycles. The van der Waals surface area contributed by atoms with E-state index >= 15 is 0 Å². The van der Waals surface area contributed by atoms with Gasteiger partial charge < -0.3 is 14.9 Å². The van der Waals surface area contributed by atoms with Crippen LogP contribution < -0.4 is 0 Å². The molecule has 2 aromatic rings. The van der Waals surface area contributed by atoms with Gasteiger partial charge in [-0.1, -0.05) is 53.5 Å². The number of esters is 1. The highest BCUT2D eigenvalue weighted by Crippen LogP contribution is 2.34. The van der Waals surface area contributed by atoms with Crippen molar-refractivity contribution in [1.29, 1.82) is 0 Å². The Morgan fingerprint density at radius 2 is 1.55 bits per heavy atom. The highest BCUT2D eigenvalue weighted by atomic mass is 35.5. The molecule has 1 aliphatic heterocycles. The van der Waals surface area contributed by atoms with Crippen LogP contribution in [-0.4, -0.2) is 16.2 Å². The lowest BCUT2D eigenvalue weighted by molar-refractivity contribution is -0.142. The Bertz CT molecular complexity index is 781. The summed E-state index contributed by atoms with van der Waals surface area (Å²) in [6.07, 6.45) is -0.977. The number of cyclic esters (lactones) is 1. The van der Waals surface area contributed by atoms with E-state index < -0.39 is 23.6 Å². The van der Waals surface area contributed by atoms with E-state index in [1.807, 2.05) is 6.07 Å². The number of carbonyl (C=O) groups is 1. The highest BCUT2D eigenvalue weighted by molar-refractivity contribution is 6.42. The normalized spacial score (nSPS) is 17.7. The molecule has 1 aliphatic rings. The number of rotatable bonds is 2. The Kier molecular flexibility index (Phi) is 3.72. The molecule has 0 amide bonds. The summed E-state index contributed by atoms with van der Waals surface area (Å²) in [6.45, 7) is 0. The molecular formula is C16H10Cl2O4. The molecule has 0 fully saturated rings. The van der Waals surface area contributed by atoms with Crippen LogP contribution in [0.3, 0.4) is 0 Å². The molecule has 0 spiro atoms. The van der Waals surface area contributed by atoms with Crippen LogP contribution in [0.4, 0.5) is 0 Å². The number of hydrogen-bond donors (Lipinski definition) is 2. The second kappa shape index (κ2) is 5.55. The van der Waals surface area contributed by atoms with Crippen molar-refractivity contribution < 1.29 is 19.7 Å². The van der Waals surface area contributed by atoms with Crippen molar-refractivity contribution in [1.82, 2.24) is 0 Å². The molecule has 2 N–H and O–H groups in total. The van der Waals surface area contributed by atoms with Crippen LogP contribution in [0.5, 0.6) is 0 Å². The lowest BCUT2D eigenvalue weighted by atomic mass is 10.0. The molecule has 2 aromatic carbocycles. The van der Waals surface area contributed by atoms with Gasteiger partial charge in [-0.2, -0.15) is 0 Å². The lowest BCUT2D eigenvalue weighted by Gasteiger charge is -2.11. The summed E-state index contributed by atoms with van der Waals surface area (Å²) in [4.78, 5) is 11.2. The first kappa shape index (κ1) is 14.8. The average Bonchev–Trinajstić information content (AvgIpc) is 2.78. The molecule has 0 bridgehead atoms. The number of aliphatic hydroxyl groups is 2. The van der Waals surface area contributed by atoms with E-state index in [0.717, 1.165) is 11.1 Å². The molecule has 0 aromatic heterocycles. The summed E-state index contributed by atoms with van der Waals surface area (Å²) in [5.74, 6) is -2.16. The van der Waals surface area contributed by atoms with Gasteiger partial charge in [-0.25, -0.2) is 4.79 Å². The predicted octanol–water partition coefficient (Wildman–Crippen LogP) is 4.59. The molecule has 4 nitrogen and oxygen atoms in total. The highest BCUT2D eigenvalue weighted by Gasteiger charge is 2.35. The van der Waals surface area contributed by atoms with Crippen LogP contribution in [0, 0.1) is 0 Å². The van der Waals surface area contributed by atoms with Gasteiger partial charge in [0.25, 0.3) is 0 Å². The molecule has 6 heteroatoms. The average molecular weight is 337 g/mol. The zero-order valence-corrected chi connectivity index (χ0v) is 12.6. The number of hydrogen-bond acceptors (Lipinski definition) is 4. The summed E-state index contributed by atoms with van der Waals surface area (Å²) < 4.78 is 4.90. The molecular weight excluding hydrogens is 327 g/mol. The summed E-state index contributed by atoms with van der Waals surface area (Å²) in [5.41, 5.74) is 2.32. The fourth-order valence-corrected chi connectivity index (χ4v) is 2.50. The van der Waals surface area contributed by atoms with Gasteiger partial charge >= 0.3 is 5.97 Å². The monoisotopic (exact) mass is 336 g/mol. The van der Waals surface area contributed by atoms with Crippen molar-refractivity contribution in [2.24, 2.45) is 0 Å². The van der Waals surface area contributed by atoms with Crippen molar-refractivity contribution >= 4 is 29.2 Å². The number of carbonyl (C=O) groups excluding carboxylic acids is 1. The standard InChI is InChI=1S/C16H10Cl2O4/c17-11-6-5-10(7-12(11)18)8-1-3-9(4-2-8)15-13(19)14(20)16(21)22-15/h1-7,15,19-20H. The first-order chi connectivity index (χ1) is 10.5. The number of aliphatic hydroxyl groups excluding tert-OH is 2. The molecule has 0 saturated carbocycles. The molecule has 0 radical (unpaired) electrons. The van der Waals surface area contributed by atoms with Crippen LogP contribution in [0.15, 0.2) is 54.0 Å².